The van der Waals surface area contributed by atoms with Crippen LogP contribution in [-0.2, 0) is 19.0 Å². The van der Waals surface area contributed by atoms with E-state index in [1.807, 2.05) is 11.8 Å². The fourth-order valence-corrected chi connectivity index (χ4v) is 1.69. The minimum absolute atomic E-state index is 0.0706. The van der Waals surface area contributed by atoms with Crippen LogP contribution in [0.3, 0.4) is 0 Å². The molecule has 0 aliphatic rings. The van der Waals surface area contributed by atoms with Crippen molar-refractivity contribution in [2.75, 3.05) is 47.6 Å². The summed E-state index contributed by atoms with van der Waals surface area (Å²) in [5.41, 5.74) is -1.54. The first-order chi connectivity index (χ1) is 8.38. The van der Waals surface area contributed by atoms with Crippen LogP contribution < -0.4 is 0 Å². The highest BCUT2D eigenvalue weighted by Crippen LogP contribution is 2.11. The van der Waals surface area contributed by atoms with Gasteiger partial charge >= 0.3 is 5.97 Å². The molecule has 0 spiro atoms. The molecule has 0 aromatic heterocycles. The van der Waals surface area contributed by atoms with Gasteiger partial charge in [-0.2, -0.15) is 0 Å². The standard InChI is InChI=1S/C12H25NO5/c1-10(8-17-4)13(6-7-16-3)9-12(2,15)11(14)18-5/h10,15H,6-9H2,1-5H3. The molecular weight excluding hydrogens is 238 g/mol. The second kappa shape index (κ2) is 8.42. The normalized spacial score (nSPS) is 16.4. The molecule has 6 nitrogen and oxygen atoms in total. The molecule has 0 aromatic carbocycles. The van der Waals surface area contributed by atoms with Gasteiger partial charge < -0.3 is 19.3 Å². The molecule has 2 unspecified atom stereocenters. The molecule has 18 heavy (non-hydrogen) atoms. The van der Waals surface area contributed by atoms with Gasteiger partial charge in [0.1, 0.15) is 0 Å². The van der Waals surface area contributed by atoms with Crippen molar-refractivity contribution in [1.29, 1.82) is 0 Å². The average molecular weight is 263 g/mol. The van der Waals surface area contributed by atoms with Crippen molar-refractivity contribution in [3.05, 3.63) is 0 Å². The second-order valence-corrected chi connectivity index (χ2v) is 4.53. The van der Waals surface area contributed by atoms with Gasteiger partial charge in [-0.05, 0) is 13.8 Å². The van der Waals surface area contributed by atoms with E-state index in [0.29, 0.717) is 19.8 Å². The molecule has 0 aliphatic heterocycles. The monoisotopic (exact) mass is 263 g/mol. The Kier molecular flexibility index (Phi) is 8.10. The average Bonchev–Trinajstić information content (AvgIpc) is 2.33. The van der Waals surface area contributed by atoms with Crippen molar-refractivity contribution >= 4 is 5.97 Å². The zero-order valence-corrected chi connectivity index (χ0v) is 11.9. The Morgan fingerprint density at radius 3 is 2.39 bits per heavy atom. The lowest BCUT2D eigenvalue weighted by molar-refractivity contribution is -0.163. The van der Waals surface area contributed by atoms with Gasteiger partial charge in [-0.15, -0.1) is 0 Å². The maximum absolute atomic E-state index is 11.5. The summed E-state index contributed by atoms with van der Waals surface area (Å²) < 4.78 is 14.7. The minimum atomic E-state index is -1.54. The van der Waals surface area contributed by atoms with Crippen LogP contribution in [0.1, 0.15) is 13.8 Å². The predicted octanol–water partition coefficient (Wildman–Crippen LogP) is -0.106. The number of nitrogens with zero attached hydrogens (tertiary/aromatic N) is 1. The lowest BCUT2D eigenvalue weighted by atomic mass is 10.1. The third-order valence-corrected chi connectivity index (χ3v) is 2.75. The Labute approximate surface area is 109 Å². The van der Waals surface area contributed by atoms with Crippen LogP contribution >= 0.6 is 0 Å². The summed E-state index contributed by atoms with van der Waals surface area (Å²) in [6.45, 7) is 5.22. The van der Waals surface area contributed by atoms with E-state index >= 15 is 0 Å². The number of aliphatic hydroxyl groups is 1. The molecule has 0 saturated heterocycles. The zero-order chi connectivity index (χ0) is 14.2. The first-order valence-corrected chi connectivity index (χ1v) is 5.91. The van der Waals surface area contributed by atoms with Crippen LogP contribution in [0.2, 0.25) is 0 Å². The molecule has 0 radical (unpaired) electrons. The lowest BCUT2D eigenvalue weighted by Gasteiger charge is -2.33. The van der Waals surface area contributed by atoms with Crippen LogP contribution in [0.4, 0.5) is 0 Å². The molecular formula is C12H25NO5. The van der Waals surface area contributed by atoms with E-state index in [1.54, 1.807) is 14.2 Å². The number of carbonyl (C=O) groups is 1. The molecule has 0 bridgehead atoms. The molecule has 1 N–H and O–H groups in total. The molecule has 0 amide bonds. The largest absolute Gasteiger partial charge is 0.467 e. The Hall–Kier alpha value is -0.690. The zero-order valence-electron chi connectivity index (χ0n) is 11.9. The minimum Gasteiger partial charge on any atom is -0.467 e. The van der Waals surface area contributed by atoms with E-state index in [0.717, 1.165) is 0 Å². The molecule has 108 valence electrons. The quantitative estimate of drug-likeness (QED) is 0.586. The van der Waals surface area contributed by atoms with E-state index in [4.69, 9.17) is 9.47 Å². The molecule has 0 saturated carbocycles. The van der Waals surface area contributed by atoms with Crippen molar-refractivity contribution in [1.82, 2.24) is 4.90 Å². The molecule has 6 heteroatoms. The molecule has 0 aliphatic carbocycles. The van der Waals surface area contributed by atoms with Crippen LogP contribution in [0, 0.1) is 0 Å². The molecule has 0 rings (SSSR count). The van der Waals surface area contributed by atoms with E-state index in [2.05, 4.69) is 4.74 Å². The van der Waals surface area contributed by atoms with Gasteiger partial charge in [0.15, 0.2) is 5.60 Å². The number of carbonyl (C=O) groups excluding carboxylic acids is 1. The van der Waals surface area contributed by atoms with Gasteiger partial charge in [-0.25, -0.2) is 4.79 Å². The summed E-state index contributed by atoms with van der Waals surface area (Å²) >= 11 is 0. The summed E-state index contributed by atoms with van der Waals surface area (Å²) in [5, 5.41) is 10.1. The number of ether oxygens (including phenoxy) is 3. The van der Waals surface area contributed by atoms with Gasteiger partial charge in [0.05, 0.1) is 20.3 Å². The number of rotatable bonds is 9. The maximum Gasteiger partial charge on any atom is 0.338 e. The van der Waals surface area contributed by atoms with Gasteiger partial charge in [-0.1, -0.05) is 0 Å². The summed E-state index contributed by atoms with van der Waals surface area (Å²) in [7, 11) is 4.48. The van der Waals surface area contributed by atoms with Gasteiger partial charge in [0.2, 0.25) is 0 Å². The highest BCUT2D eigenvalue weighted by molar-refractivity contribution is 5.78. The van der Waals surface area contributed by atoms with E-state index in [9.17, 15) is 9.90 Å². The Balaban J connectivity index is 4.60. The molecule has 2 atom stereocenters. The van der Waals surface area contributed by atoms with E-state index in [-0.39, 0.29) is 12.6 Å². The van der Waals surface area contributed by atoms with Gasteiger partial charge in [0.25, 0.3) is 0 Å². The van der Waals surface area contributed by atoms with Crippen LogP contribution in [0.15, 0.2) is 0 Å². The summed E-state index contributed by atoms with van der Waals surface area (Å²) in [5.74, 6) is -0.644. The first-order valence-electron chi connectivity index (χ1n) is 5.91. The van der Waals surface area contributed by atoms with Crippen LogP contribution in [0.25, 0.3) is 0 Å². The maximum atomic E-state index is 11.5. The summed E-state index contributed by atoms with van der Waals surface area (Å²) in [4.78, 5) is 13.4. The Bertz CT molecular complexity index is 245. The number of hydrogen-bond acceptors (Lipinski definition) is 6. The third-order valence-electron chi connectivity index (χ3n) is 2.75. The molecule has 0 fully saturated rings. The SMILES string of the molecule is COCCN(CC(C)(O)C(=O)OC)C(C)COC. The van der Waals surface area contributed by atoms with Gasteiger partial charge in [0, 0.05) is 33.4 Å². The van der Waals surface area contributed by atoms with Crippen molar-refractivity contribution in [3.63, 3.8) is 0 Å². The van der Waals surface area contributed by atoms with Crippen molar-refractivity contribution < 1.29 is 24.1 Å². The Morgan fingerprint density at radius 2 is 1.94 bits per heavy atom. The lowest BCUT2D eigenvalue weighted by Crippen LogP contribution is -2.51. The highest BCUT2D eigenvalue weighted by atomic mass is 16.5. The number of hydrogen-bond donors (Lipinski definition) is 1. The van der Waals surface area contributed by atoms with Crippen molar-refractivity contribution in [2.24, 2.45) is 0 Å². The predicted molar refractivity (Wildman–Crippen MR) is 67.4 cm³/mol. The van der Waals surface area contributed by atoms with Gasteiger partial charge in [-0.3, -0.25) is 4.90 Å². The van der Waals surface area contributed by atoms with Crippen molar-refractivity contribution in [3.8, 4) is 0 Å². The summed E-state index contributed by atoms with van der Waals surface area (Å²) in [6.07, 6.45) is 0. The van der Waals surface area contributed by atoms with Crippen molar-refractivity contribution in [2.45, 2.75) is 25.5 Å². The first kappa shape index (κ1) is 17.3. The number of methoxy groups -OCH3 is 3. The smallest absolute Gasteiger partial charge is 0.338 e. The molecule has 0 aromatic rings. The summed E-state index contributed by atoms with van der Waals surface area (Å²) in [6, 6.07) is 0.0706. The topological polar surface area (TPSA) is 68.2 Å². The highest BCUT2D eigenvalue weighted by Gasteiger charge is 2.34. The fraction of sp³-hybridized carbons (Fsp3) is 0.917. The Morgan fingerprint density at radius 1 is 1.33 bits per heavy atom. The van der Waals surface area contributed by atoms with Crippen LogP contribution in [-0.4, -0.2) is 75.3 Å². The van der Waals surface area contributed by atoms with E-state index in [1.165, 1.54) is 14.0 Å². The second-order valence-electron chi connectivity index (χ2n) is 4.53. The third kappa shape index (κ3) is 5.77. The molecule has 0 heterocycles. The van der Waals surface area contributed by atoms with E-state index < -0.39 is 11.6 Å². The van der Waals surface area contributed by atoms with Crippen LogP contribution in [0.5, 0.6) is 0 Å². The number of esters is 1. The fourth-order valence-electron chi connectivity index (χ4n) is 1.69.